The zero-order valence-corrected chi connectivity index (χ0v) is 14.8. The average molecular weight is 331 g/mol. The average Bonchev–Trinajstić information content (AvgIpc) is 2.93. The second-order valence-corrected chi connectivity index (χ2v) is 6.81. The van der Waals surface area contributed by atoms with Crippen LogP contribution in [0.5, 0.6) is 0 Å². The van der Waals surface area contributed by atoms with Crippen molar-refractivity contribution < 1.29 is 9.59 Å². The summed E-state index contributed by atoms with van der Waals surface area (Å²) >= 11 is 0. The van der Waals surface area contributed by atoms with Crippen LogP contribution in [-0.2, 0) is 16.1 Å². The van der Waals surface area contributed by atoms with Crippen molar-refractivity contribution in [3.63, 3.8) is 0 Å². The van der Waals surface area contributed by atoms with Gasteiger partial charge in [-0.3, -0.25) is 14.5 Å². The molecule has 1 atom stereocenters. The Morgan fingerprint density at radius 3 is 2.62 bits per heavy atom. The standard InChI is InChI=1S/C19H29N3O2/c1-3-8-17(23)20-13-18(24)21-15-19(2)11-7-12-22(19)14-16-9-5-4-6-10-16/h4-6,9-10H,3,7-8,11-15H2,1-2H3,(H,20,23)(H,21,24). The van der Waals surface area contributed by atoms with Gasteiger partial charge in [-0.25, -0.2) is 0 Å². The molecule has 5 nitrogen and oxygen atoms in total. The van der Waals surface area contributed by atoms with Gasteiger partial charge in [-0.1, -0.05) is 37.3 Å². The van der Waals surface area contributed by atoms with Gasteiger partial charge in [0.15, 0.2) is 0 Å². The van der Waals surface area contributed by atoms with Crippen LogP contribution in [0.15, 0.2) is 30.3 Å². The monoisotopic (exact) mass is 331 g/mol. The molecule has 2 amide bonds. The maximum Gasteiger partial charge on any atom is 0.239 e. The van der Waals surface area contributed by atoms with Crippen LogP contribution in [0.25, 0.3) is 0 Å². The molecule has 1 unspecified atom stereocenters. The summed E-state index contributed by atoms with van der Waals surface area (Å²) in [6, 6.07) is 10.4. The maximum absolute atomic E-state index is 12.0. The zero-order valence-electron chi connectivity index (χ0n) is 14.8. The summed E-state index contributed by atoms with van der Waals surface area (Å²) in [5, 5.41) is 5.64. The lowest BCUT2D eigenvalue weighted by molar-refractivity contribution is -0.126. The molecule has 24 heavy (non-hydrogen) atoms. The van der Waals surface area contributed by atoms with Crippen LogP contribution >= 0.6 is 0 Å². The van der Waals surface area contributed by atoms with Crippen molar-refractivity contribution in [2.45, 2.75) is 51.6 Å². The number of rotatable bonds is 8. The van der Waals surface area contributed by atoms with Crippen molar-refractivity contribution >= 4 is 11.8 Å². The van der Waals surface area contributed by atoms with Crippen molar-refractivity contribution in [3.8, 4) is 0 Å². The van der Waals surface area contributed by atoms with Gasteiger partial charge in [-0.2, -0.15) is 0 Å². The molecular weight excluding hydrogens is 302 g/mol. The predicted octanol–water partition coefficient (Wildman–Crippen LogP) is 2.07. The Morgan fingerprint density at radius 2 is 1.92 bits per heavy atom. The van der Waals surface area contributed by atoms with Gasteiger partial charge in [0.25, 0.3) is 0 Å². The molecule has 5 heteroatoms. The van der Waals surface area contributed by atoms with Gasteiger partial charge >= 0.3 is 0 Å². The molecule has 1 aromatic carbocycles. The van der Waals surface area contributed by atoms with Crippen molar-refractivity contribution in [3.05, 3.63) is 35.9 Å². The molecule has 132 valence electrons. The van der Waals surface area contributed by atoms with E-state index in [1.807, 2.05) is 13.0 Å². The summed E-state index contributed by atoms with van der Waals surface area (Å²) in [4.78, 5) is 25.8. The van der Waals surface area contributed by atoms with E-state index in [9.17, 15) is 9.59 Å². The number of carbonyl (C=O) groups excluding carboxylic acids is 2. The summed E-state index contributed by atoms with van der Waals surface area (Å²) in [6.45, 7) is 6.78. The van der Waals surface area contributed by atoms with E-state index in [0.29, 0.717) is 13.0 Å². The highest BCUT2D eigenvalue weighted by Gasteiger charge is 2.36. The van der Waals surface area contributed by atoms with Gasteiger partial charge in [-0.05, 0) is 38.3 Å². The summed E-state index contributed by atoms with van der Waals surface area (Å²) < 4.78 is 0. The molecule has 1 aliphatic rings. The number of likely N-dealkylation sites (tertiary alicyclic amines) is 1. The minimum absolute atomic E-state index is 0.0288. The Morgan fingerprint density at radius 1 is 1.17 bits per heavy atom. The summed E-state index contributed by atoms with van der Waals surface area (Å²) in [6.07, 6.45) is 3.48. The molecule has 0 spiro atoms. The molecule has 2 N–H and O–H groups in total. The zero-order chi connectivity index (χ0) is 17.4. The van der Waals surface area contributed by atoms with E-state index < -0.39 is 0 Å². The largest absolute Gasteiger partial charge is 0.353 e. The van der Waals surface area contributed by atoms with Crippen LogP contribution in [0, 0.1) is 0 Å². The highest BCUT2D eigenvalue weighted by Crippen LogP contribution is 2.29. The quantitative estimate of drug-likeness (QED) is 0.767. The highest BCUT2D eigenvalue weighted by atomic mass is 16.2. The highest BCUT2D eigenvalue weighted by molar-refractivity contribution is 5.84. The molecule has 1 saturated heterocycles. The maximum atomic E-state index is 12.0. The van der Waals surface area contributed by atoms with Gasteiger partial charge < -0.3 is 10.6 Å². The molecular formula is C19H29N3O2. The molecule has 1 heterocycles. The number of hydrogen-bond acceptors (Lipinski definition) is 3. The van der Waals surface area contributed by atoms with Crippen LogP contribution in [0.3, 0.4) is 0 Å². The van der Waals surface area contributed by atoms with Crippen LogP contribution < -0.4 is 10.6 Å². The second-order valence-electron chi connectivity index (χ2n) is 6.81. The topological polar surface area (TPSA) is 61.4 Å². The van der Waals surface area contributed by atoms with Gasteiger partial charge in [0.2, 0.25) is 11.8 Å². The first-order valence-corrected chi connectivity index (χ1v) is 8.86. The molecule has 0 radical (unpaired) electrons. The van der Waals surface area contributed by atoms with Crippen molar-refractivity contribution in [2.75, 3.05) is 19.6 Å². The smallest absolute Gasteiger partial charge is 0.239 e. The molecule has 0 aliphatic carbocycles. The molecule has 1 aliphatic heterocycles. The molecule has 0 aromatic heterocycles. The molecule has 1 aromatic rings. The lowest BCUT2D eigenvalue weighted by Gasteiger charge is -2.35. The third-order valence-electron chi connectivity index (χ3n) is 4.71. The minimum atomic E-state index is -0.118. The number of nitrogens with zero attached hydrogens (tertiary/aromatic N) is 1. The minimum Gasteiger partial charge on any atom is -0.353 e. The van der Waals surface area contributed by atoms with Crippen molar-refractivity contribution in [1.29, 1.82) is 0 Å². The molecule has 0 saturated carbocycles. The SMILES string of the molecule is CCCC(=O)NCC(=O)NCC1(C)CCCN1Cc1ccccc1. The first kappa shape index (κ1) is 18.5. The Hall–Kier alpha value is -1.88. The van der Waals surface area contributed by atoms with E-state index >= 15 is 0 Å². The Bertz CT molecular complexity index is 547. The fraction of sp³-hybridized carbons (Fsp3) is 0.579. The van der Waals surface area contributed by atoms with Crippen LogP contribution in [0.1, 0.15) is 45.1 Å². The van der Waals surface area contributed by atoms with Crippen LogP contribution in [0.4, 0.5) is 0 Å². The summed E-state index contributed by atoms with van der Waals surface area (Å²) in [7, 11) is 0. The molecule has 0 bridgehead atoms. The molecule has 1 fully saturated rings. The van der Waals surface area contributed by atoms with Crippen molar-refractivity contribution in [1.82, 2.24) is 15.5 Å². The Labute approximate surface area is 144 Å². The van der Waals surface area contributed by atoms with E-state index in [1.54, 1.807) is 0 Å². The van der Waals surface area contributed by atoms with Gasteiger partial charge in [0.1, 0.15) is 0 Å². The second kappa shape index (κ2) is 8.83. The number of carbonyl (C=O) groups is 2. The van der Waals surface area contributed by atoms with Gasteiger partial charge in [-0.15, -0.1) is 0 Å². The van der Waals surface area contributed by atoms with Gasteiger partial charge in [0.05, 0.1) is 6.54 Å². The lowest BCUT2D eigenvalue weighted by Crippen LogP contribution is -2.51. The van der Waals surface area contributed by atoms with E-state index in [0.717, 1.165) is 32.4 Å². The first-order valence-electron chi connectivity index (χ1n) is 8.86. The summed E-state index contributed by atoms with van der Waals surface area (Å²) in [5.74, 6) is -0.183. The summed E-state index contributed by atoms with van der Waals surface area (Å²) in [5.41, 5.74) is 1.27. The number of amides is 2. The third kappa shape index (κ3) is 5.34. The van der Waals surface area contributed by atoms with Crippen molar-refractivity contribution in [2.24, 2.45) is 0 Å². The van der Waals surface area contributed by atoms with E-state index in [2.05, 4.69) is 46.7 Å². The van der Waals surface area contributed by atoms with E-state index in [4.69, 9.17) is 0 Å². The number of hydrogen-bond donors (Lipinski definition) is 2. The van der Waals surface area contributed by atoms with E-state index in [-0.39, 0.29) is 23.9 Å². The van der Waals surface area contributed by atoms with Gasteiger partial charge in [0, 0.05) is 25.0 Å². The van der Waals surface area contributed by atoms with Crippen LogP contribution in [0.2, 0.25) is 0 Å². The number of nitrogens with one attached hydrogen (secondary N) is 2. The Balaban J connectivity index is 1.81. The first-order chi connectivity index (χ1) is 11.5. The fourth-order valence-electron chi connectivity index (χ4n) is 3.20. The fourth-order valence-corrected chi connectivity index (χ4v) is 3.20. The normalized spacial score (nSPS) is 20.8. The lowest BCUT2D eigenvalue weighted by atomic mass is 9.98. The Kier molecular flexibility index (Phi) is 6.79. The van der Waals surface area contributed by atoms with Crippen LogP contribution in [-0.4, -0.2) is 41.9 Å². The predicted molar refractivity (Wildman–Crippen MR) is 95.4 cm³/mol. The molecule has 2 rings (SSSR count). The number of benzene rings is 1. The van der Waals surface area contributed by atoms with E-state index in [1.165, 1.54) is 5.56 Å². The third-order valence-corrected chi connectivity index (χ3v) is 4.71.